The fraction of sp³-hybridized carbons (Fsp3) is 0.261. The molecule has 0 aliphatic rings. The van der Waals surface area contributed by atoms with Crippen LogP contribution in [0.3, 0.4) is 0 Å². The van der Waals surface area contributed by atoms with Gasteiger partial charge in [-0.1, -0.05) is 24.3 Å². The maximum absolute atomic E-state index is 11.6. The van der Waals surface area contributed by atoms with Crippen molar-refractivity contribution in [2.75, 3.05) is 32.6 Å². The van der Waals surface area contributed by atoms with Crippen LogP contribution in [-0.4, -0.2) is 43.1 Å². The number of hydrogen-bond acceptors (Lipinski definition) is 7. The molecule has 30 heavy (non-hydrogen) atoms. The van der Waals surface area contributed by atoms with Gasteiger partial charge in [0.25, 0.3) is 0 Å². The second-order valence-corrected chi connectivity index (χ2v) is 6.75. The average molecular weight is 406 g/mol. The molecule has 0 atom stereocenters. The number of hydrogen-bond donors (Lipinski definition) is 2. The average Bonchev–Trinajstić information content (AvgIpc) is 2.79. The quantitative estimate of drug-likeness (QED) is 0.534. The van der Waals surface area contributed by atoms with E-state index >= 15 is 0 Å². The molecule has 7 heteroatoms. The van der Waals surface area contributed by atoms with E-state index in [-0.39, 0.29) is 12.3 Å². The van der Waals surface area contributed by atoms with Crippen LogP contribution in [0.25, 0.3) is 11.3 Å². The molecule has 0 aliphatic heterocycles. The third-order valence-electron chi connectivity index (χ3n) is 4.65. The van der Waals surface area contributed by atoms with Gasteiger partial charge in [0.2, 0.25) is 5.95 Å². The highest BCUT2D eigenvalue weighted by Gasteiger charge is 2.07. The van der Waals surface area contributed by atoms with Crippen LogP contribution in [0.2, 0.25) is 0 Å². The van der Waals surface area contributed by atoms with Crippen LogP contribution in [-0.2, 0) is 17.6 Å². The van der Waals surface area contributed by atoms with Crippen molar-refractivity contribution in [3.8, 4) is 22.8 Å². The van der Waals surface area contributed by atoms with Gasteiger partial charge in [0.15, 0.2) is 17.3 Å². The van der Waals surface area contributed by atoms with E-state index in [4.69, 9.17) is 15.2 Å². The molecule has 7 nitrogen and oxygen atoms in total. The molecule has 0 radical (unpaired) electrons. The van der Waals surface area contributed by atoms with Crippen LogP contribution >= 0.6 is 0 Å². The summed E-state index contributed by atoms with van der Waals surface area (Å²) in [5, 5.41) is 3.26. The van der Waals surface area contributed by atoms with Gasteiger partial charge in [-0.05, 0) is 41.8 Å². The highest BCUT2D eigenvalue weighted by molar-refractivity contribution is 5.83. The Balaban J connectivity index is 1.65. The molecular formula is C23H26N4O3. The van der Waals surface area contributed by atoms with E-state index in [0.29, 0.717) is 30.4 Å². The van der Waals surface area contributed by atoms with Crippen molar-refractivity contribution >= 4 is 11.7 Å². The highest BCUT2D eigenvalue weighted by Crippen LogP contribution is 2.27. The molecule has 3 rings (SSSR count). The van der Waals surface area contributed by atoms with Gasteiger partial charge in [-0.15, -0.1) is 0 Å². The van der Waals surface area contributed by atoms with E-state index in [1.165, 1.54) is 0 Å². The van der Waals surface area contributed by atoms with Crippen LogP contribution in [0.1, 0.15) is 11.1 Å². The van der Waals surface area contributed by atoms with Crippen molar-refractivity contribution in [3.63, 3.8) is 0 Å². The van der Waals surface area contributed by atoms with Crippen molar-refractivity contribution in [3.05, 3.63) is 65.9 Å². The zero-order valence-corrected chi connectivity index (χ0v) is 17.2. The van der Waals surface area contributed by atoms with Gasteiger partial charge in [-0.2, -0.15) is 0 Å². The largest absolute Gasteiger partial charge is 0.493 e. The summed E-state index contributed by atoms with van der Waals surface area (Å²) in [6.45, 7) is 0.718. The molecule has 0 aliphatic carbocycles. The molecule has 0 spiro atoms. The summed E-state index contributed by atoms with van der Waals surface area (Å²) < 4.78 is 10.6. The van der Waals surface area contributed by atoms with Gasteiger partial charge in [0, 0.05) is 24.7 Å². The van der Waals surface area contributed by atoms with Crippen molar-refractivity contribution in [2.24, 2.45) is 5.73 Å². The predicted molar refractivity (Wildman–Crippen MR) is 117 cm³/mol. The number of carbonyl (C=O) groups excluding carboxylic acids is 1. The highest BCUT2D eigenvalue weighted by atomic mass is 16.5. The van der Waals surface area contributed by atoms with Crippen LogP contribution in [0.15, 0.2) is 54.7 Å². The molecule has 0 unspecified atom stereocenters. The summed E-state index contributed by atoms with van der Waals surface area (Å²) >= 11 is 0. The third kappa shape index (κ3) is 5.55. The fourth-order valence-corrected chi connectivity index (χ4v) is 3.10. The van der Waals surface area contributed by atoms with Gasteiger partial charge in [-0.25, -0.2) is 9.97 Å². The lowest BCUT2D eigenvalue weighted by Crippen LogP contribution is -2.15. The first-order valence-corrected chi connectivity index (χ1v) is 9.72. The number of rotatable bonds is 10. The first kappa shape index (κ1) is 21.3. The summed E-state index contributed by atoms with van der Waals surface area (Å²) in [5.41, 5.74) is 9.18. The SMILES string of the molecule is COc1ccc(CCNc2nccc(-c3cccc(CC(=O)CN)c3)n2)cc1OC. The van der Waals surface area contributed by atoms with E-state index < -0.39 is 0 Å². The number of carbonyl (C=O) groups is 1. The van der Waals surface area contributed by atoms with Crippen LogP contribution in [0, 0.1) is 0 Å². The van der Waals surface area contributed by atoms with Gasteiger partial charge in [0.1, 0.15) is 0 Å². The van der Waals surface area contributed by atoms with Crippen LogP contribution < -0.4 is 20.5 Å². The summed E-state index contributed by atoms with van der Waals surface area (Å²) in [6.07, 6.45) is 2.83. The molecule has 3 N–H and O–H groups in total. The Morgan fingerprint density at radius 1 is 1.03 bits per heavy atom. The topological polar surface area (TPSA) is 99.4 Å². The third-order valence-corrected chi connectivity index (χ3v) is 4.65. The number of anilines is 1. The number of ether oxygens (including phenoxy) is 2. The molecular weight excluding hydrogens is 380 g/mol. The smallest absolute Gasteiger partial charge is 0.223 e. The minimum absolute atomic E-state index is 0.00681. The molecule has 2 aromatic carbocycles. The Morgan fingerprint density at radius 3 is 2.63 bits per heavy atom. The zero-order valence-electron chi connectivity index (χ0n) is 17.2. The maximum Gasteiger partial charge on any atom is 0.223 e. The number of nitrogens with zero attached hydrogens (tertiary/aromatic N) is 2. The fourth-order valence-electron chi connectivity index (χ4n) is 3.10. The Bertz CT molecular complexity index is 1010. The van der Waals surface area contributed by atoms with Gasteiger partial charge < -0.3 is 20.5 Å². The normalized spacial score (nSPS) is 10.5. The number of aromatic nitrogens is 2. The Kier molecular flexibility index (Phi) is 7.34. The molecule has 1 aromatic heterocycles. The van der Waals surface area contributed by atoms with Crippen LogP contribution in [0.5, 0.6) is 11.5 Å². The number of nitrogens with two attached hydrogens (primary N) is 1. The number of nitrogens with one attached hydrogen (secondary N) is 1. The minimum Gasteiger partial charge on any atom is -0.493 e. The van der Waals surface area contributed by atoms with Crippen molar-refractivity contribution in [1.29, 1.82) is 0 Å². The molecule has 0 saturated carbocycles. The van der Waals surface area contributed by atoms with Gasteiger partial charge in [-0.3, -0.25) is 4.79 Å². The zero-order chi connectivity index (χ0) is 21.3. The van der Waals surface area contributed by atoms with Crippen LogP contribution in [0.4, 0.5) is 5.95 Å². The lowest BCUT2D eigenvalue weighted by molar-refractivity contribution is -0.117. The molecule has 0 fully saturated rings. The molecule has 1 heterocycles. The molecule has 3 aromatic rings. The number of benzene rings is 2. The second-order valence-electron chi connectivity index (χ2n) is 6.75. The number of ketones is 1. The summed E-state index contributed by atoms with van der Waals surface area (Å²) in [7, 11) is 3.25. The molecule has 0 amide bonds. The second kappa shape index (κ2) is 10.4. The van der Waals surface area contributed by atoms with E-state index in [9.17, 15) is 4.79 Å². The predicted octanol–water partition coefficient (Wildman–Crippen LogP) is 2.89. The monoisotopic (exact) mass is 406 g/mol. The standard InChI is InChI=1S/C23H26N4O3/c1-29-21-7-6-16(14-22(21)30-2)8-10-25-23-26-11-9-20(27-23)18-5-3-4-17(12-18)13-19(28)15-24/h3-7,9,11-12,14H,8,10,13,15,24H2,1-2H3,(H,25,26,27). The maximum atomic E-state index is 11.6. The van der Waals surface area contributed by atoms with Crippen molar-refractivity contribution < 1.29 is 14.3 Å². The lowest BCUT2D eigenvalue weighted by Gasteiger charge is -2.10. The van der Waals surface area contributed by atoms with E-state index in [1.807, 2.05) is 48.5 Å². The Morgan fingerprint density at radius 2 is 1.87 bits per heavy atom. The Hall–Kier alpha value is -3.45. The lowest BCUT2D eigenvalue weighted by atomic mass is 10.0. The van der Waals surface area contributed by atoms with E-state index in [0.717, 1.165) is 28.8 Å². The van der Waals surface area contributed by atoms with Gasteiger partial charge in [0.05, 0.1) is 26.5 Å². The summed E-state index contributed by atoms with van der Waals surface area (Å²) in [5.74, 6) is 1.98. The van der Waals surface area contributed by atoms with Crippen molar-refractivity contribution in [1.82, 2.24) is 9.97 Å². The Labute approximate surface area is 176 Å². The summed E-state index contributed by atoms with van der Waals surface area (Å²) in [6, 6.07) is 15.5. The molecule has 156 valence electrons. The molecule has 0 saturated heterocycles. The first-order valence-electron chi connectivity index (χ1n) is 9.72. The van der Waals surface area contributed by atoms with E-state index in [2.05, 4.69) is 15.3 Å². The van der Waals surface area contributed by atoms with Gasteiger partial charge >= 0.3 is 0 Å². The first-order chi connectivity index (χ1) is 14.6. The van der Waals surface area contributed by atoms with Crippen molar-refractivity contribution in [2.45, 2.75) is 12.8 Å². The summed E-state index contributed by atoms with van der Waals surface area (Å²) in [4.78, 5) is 20.5. The number of Topliss-reactive ketones (excluding diaryl/α,β-unsaturated/α-hetero) is 1. The van der Waals surface area contributed by atoms with E-state index in [1.54, 1.807) is 20.4 Å². The minimum atomic E-state index is 0.00681. The molecule has 0 bridgehead atoms. The number of methoxy groups -OCH3 is 2.